The molecule has 0 spiro atoms. The second kappa shape index (κ2) is 25.8. The van der Waals surface area contributed by atoms with Crippen molar-refractivity contribution in [1.82, 2.24) is 4.90 Å². The summed E-state index contributed by atoms with van der Waals surface area (Å²) in [4.78, 5) is 24.3. The maximum Gasteiger partial charge on any atom is 0.335 e. The number of nitrogens with two attached hydrogens (primary N) is 1. The summed E-state index contributed by atoms with van der Waals surface area (Å²) in [7, 11) is 1.82. The van der Waals surface area contributed by atoms with Gasteiger partial charge in [-0.05, 0) is 69.8 Å². The predicted octanol–water partition coefficient (Wildman–Crippen LogP) is 5.65. The van der Waals surface area contributed by atoms with Crippen LogP contribution >= 0.6 is 0 Å². The molecule has 0 saturated carbocycles. The van der Waals surface area contributed by atoms with E-state index in [1.807, 2.05) is 39.1 Å². The number of hydrogen-bond acceptors (Lipinski definition) is 8. The van der Waals surface area contributed by atoms with Gasteiger partial charge < -0.3 is 45.6 Å². The summed E-state index contributed by atoms with van der Waals surface area (Å²) < 4.78 is 11.6. The average Bonchev–Trinajstić information content (AvgIpc) is 3.10. The molecule has 1 saturated heterocycles. The summed E-state index contributed by atoms with van der Waals surface area (Å²) in [5, 5.41) is 57.0. The number of aliphatic hydroxyl groups excluding tert-OH is 3. The fraction of sp³-hybridized carbons (Fsp3) is 0.537. The Morgan fingerprint density at radius 3 is 2.09 bits per heavy atom. The Balaban J connectivity index is 2.88. The van der Waals surface area contributed by atoms with Crippen molar-refractivity contribution in [3.63, 3.8) is 0 Å². The van der Waals surface area contributed by atoms with Crippen LogP contribution in [0.15, 0.2) is 96.2 Å². The van der Waals surface area contributed by atoms with E-state index in [-0.39, 0.29) is 23.4 Å². The van der Waals surface area contributed by atoms with Crippen LogP contribution in [0.5, 0.6) is 0 Å². The molecule has 1 rings (SSSR count). The molecule has 0 aromatic heterocycles. The number of guanidine groups is 1. The highest BCUT2D eigenvalue weighted by Gasteiger charge is 2.48. The molecule has 296 valence electrons. The molecule has 0 bridgehead atoms. The molecule has 0 aromatic carbocycles. The summed E-state index contributed by atoms with van der Waals surface area (Å²) >= 11 is 0. The van der Waals surface area contributed by atoms with Gasteiger partial charge >= 0.3 is 11.9 Å². The summed E-state index contributed by atoms with van der Waals surface area (Å²) in [6.45, 7) is 10.4. The van der Waals surface area contributed by atoms with Gasteiger partial charge in [0, 0.05) is 25.1 Å². The van der Waals surface area contributed by atoms with Crippen molar-refractivity contribution in [2.24, 2.45) is 23.5 Å². The second-order valence-corrected chi connectivity index (χ2v) is 13.7. The lowest BCUT2D eigenvalue weighted by Gasteiger charge is -2.40. The molecule has 53 heavy (non-hydrogen) atoms. The fourth-order valence-electron chi connectivity index (χ4n) is 5.47. The molecule has 9 unspecified atom stereocenters. The van der Waals surface area contributed by atoms with Gasteiger partial charge in [-0.15, -0.1) is 0 Å². The van der Waals surface area contributed by atoms with E-state index in [1.54, 1.807) is 35.3 Å². The first-order valence-corrected chi connectivity index (χ1v) is 18.3. The SMILES string of the molecule is CC(=CC=CC=CC=CC=CC(C)C(OC1OC(C(=O)O)C(O)C(O)C1O)C(C)=CC(C)CCCC=CC(C)CC=CCCCN(C)C(=N)N)C(=O)O. The van der Waals surface area contributed by atoms with Gasteiger partial charge in [-0.3, -0.25) is 5.41 Å². The number of aliphatic hydroxyl groups is 3. The predicted molar refractivity (Wildman–Crippen MR) is 209 cm³/mol. The lowest BCUT2D eigenvalue weighted by atomic mass is 9.92. The Labute approximate surface area is 315 Å². The van der Waals surface area contributed by atoms with Crippen molar-refractivity contribution in [3.8, 4) is 0 Å². The maximum absolute atomic E-state index is 11.7. The number of hydrogen-bond donors (Lipinski definition) is 7. The van der Waals surface area contributed by atoms with E-state index >= 15 is 0 Å². The monoisotopic (exact) mass is 741 g/mol. The number of carboxylic acid groups (broad SMARTS) is 2. The second-order valence-electron chi connectivity index (χ2n) is 13.7. The number of unbranched alkanes of at least 4 members (excludes halogenated alkanes) is 2. The topological polar surface area (TPSA) is 207 Å². The zero-order valence-corrected chi connectivity index (χ0v) is 32.1. The summed E-state index contributed by atoms with van der Waals surface area (Å²) in [6, 6.07) is 0. The minimum absolute atomic E-state index is 0.0855. The average molecular weight is 742 g/mol. The van der Waals surface area contributed by atoms with E-state index in [4.69, 9.17) is 25.7 Å². The van der Waals surface area contributed by atoms with Gasteiger partial charge in [0.15, 0.2) is 18.4 Å². The highest BCUT2D eigenvalue weighted by atomic mass is 16.7. The Morgan fingerprint density at radius 2 is 1.47 bits per heavy atom. The maximum atomic E-state index is 11.7. The molecule has 8 N–H and O–H groups in total. The zero-order chi connectivity index (χ0) is 39.9. The first-order chi connectivity index (χ1) is 25.1. The van der Waals surface area contributed by atoms with Crippen molar-refractivity contribution >= 4 is 17.9 Å². The van der Waals surface area contributed by atoms with Crippen LogP contribution in [0.4, 0.5) is 0 Å². The molecule has 1 aliphatic heterocycles. The highest BCUT2D eigenvalue weighted by Crippen LogP contribution is 2.29. The number of ether oxygens (including phenoxy) is 2. The van der Waals surface area contributed by atoms with Gasteiger partial charge in [0.1, 0.15) is 18.3 Å². The Morgan fingerprint density at radius 1 is 0.849 bits per heavy atom. The Bertz CT molecular complexity index is 1380. The van der Waals surface area contributed by atoms with Crippen LogP contribution < -0.4 is 5.73 Å². The van der Waals surface area contributed by atoms with E-state index < -0.39 is 48.7 Å². The van der Waals surface area contributed by atoms with Gasteiger partial charge in [-0.1, -0.05) is 106 Å². The third-order valence-corrected chi connectivity index (χ3v) is 8.78. The van der Waals surface area contributed by atoms with Crippen LogP contribution in [0.2, 0.25) is 0 Å². The van der Waals surface area contributed by atoms with E-state index in [1.165, 1.54) is 13.0 Å². The molecule has 12 nitrogen and oxygen atoms in total. The lowest BCUT2D eigenvalue weighted by Crippen LogP contribution is -2.61. The van der Waals surface area contributed by atoms with Crippen LogP contribution in [0.1, 0.15) is 73.1 Å². The van der Waals surface area contributed by atoms with Crippen LogP contribution in [0.3, 0.4) is 0 Å². The minimum atomic E-state index is -1.81. The van der Waals surface area contributed by atoms with E-state index in [9.17, 15) is 30.0 Å². The molecular weight excluding hydrogens is 678 g/mol. The molecule has 1 aliphatic rings. The third kappa shape index (κ3) is 19.0. The first kappa shape index (κ1) is 47.0. The number of aliphatic carboxylic acids is 2. The summed E-state index contributed by atoms with van der Waals surface area (Å²) in [6.07, 6.45) is 23.2. The van der Waals surface area contributed by atoms with Crippen LogP contribution in [0.25, 0.3) is 0 Å². The molecule has 0 aromatic rings. The van der Waals surface area contributed by atoms with Gasteiger partial charge in [0.25, 0.3) is 0 Å². The minimum Gasteiger partial charge on any atom is -0.479 e. The van der Waals surface area contributed by atoms with Gasteiger partial charge in [-0.2, -0.15) is 0 Å². The Kier molecular flexibility index (Phi) is 22.9. The largest absolute Gasteiger partial charge is 0.479 e. The number of allylic oxidation sites excluding steroid dienone is 13. The molecular formula is C41H63N3O9. The van der Waals surface area contributed by atoms with Crippen LogP contribution in [0, 0.1) is 23.2 Å². The molecule has 0 radical (unpaired) electrons. The zero-order valence-electron chi connectivity index (χ0n) is 32.1. The molecule has 0 aliphatic carbocycles. The molecule has 1 heterocycles. The van der Waals surface area contributed by atoms with Crippen molar-refractivity contribution < 1.29 is 44.6 Å². The molecule has 0 amide bonds. The van der Waals surface area contributed by atoms with E-state index in [0.29, 0.717) is 5.92 Å². The summed E-state index contributed by atoms with van der Waals surface area (Å²) in [5.41, 5.74) is 6.54. The number of rotatable bonds is 23. The number of carbonyl (C=O) groups is 2. The lowest BCUT2D eigenvalue weighted by molar-refractivity contribution is -0.303. The molecule has 9 atom stereocenters. The first-order valence-electron chi connectivity index (χ1n) is 18.3. The van der Waals surface area contributed by atoms with Gasteiger partial charge in [-0.25, -0.2) is 9.59 Å². The fourth-order valence-corrected chi connectivity index (χ4v) is 5.47. The van der Waals surface area contributed by atoms with Crippen LogP contribution in [-0.2, 0) is 19.1 Å². The Hall–Kier alpha value is -4.07. The van der Waals surface area contributed by atoms with Crippen molar-refractivity contribution in [2.45, 2.75) is 110 Å². The van der Waals surface area contributed by atoms with Gasteiger partial charge in [0.2, 0.25) is 0 Å². The van der Waals surface area contributed by atoms with Gasteiger partial charge in [0.05, 0.1) is 6.10 Å². The van der Waals surface area contributed by atoms with Crippen molar-refractivity contribution in [2.75, 3.05) is 13.6 Å². The van der Waals surface area contributed by atoms with E-state index in [2.05, 4.69) is 44.2 Å². The summed E-state index contributed by atoms with van der Waals surface area (Å²) in [5.74, 6) is -2.01. The van der Waals surface area contributed by atoms with Crippen molar-refractivity contribution in [3.05, 3.63) is 96.2 Å². The number of nitrogens with zero attached hydrogens (tertiary/aromatic N) is 1. The number of carboxylic acids is 2. The van der Waals surface area contributed by atoms with Crippen LogP contribution in [-0.4, -0.2) is 98.7 Å². The smallest absolute Gasteiger partial charge is 0.335 e. The normalized spacial score (nSPS) is 24.2. The van der Waals surface area contributed by atoms with E-state index in [0.717, 1.165) is 50.6 Å². The van der Waals surface area contributed by atoms with Crippen molar-refractivity contribution in [1.29, 1.82) is 5.41 Å². The highest BCUT2D eigenvalue weighted by molar-refractivity contribution is 5.86. The third-order valence-electron chi connectivity index (χ3n) is 8.78. The number of nitrogens with one attached hydrogen (secondary N) is 1. The molecule has 12 heteroatoms. The molecule has 1 fully saturated rings. The quantitative estimate of drug-likeness (QED) is 0.0170. The standard InChI is InChI=1S/C41H63N3O9/c1-28(21-15-12-13-20-26-44(6)41(42)43)22-16-14-17-23-29(2)27-32(5)36(52-40-35(47)33(45)34(46)37(53-40)39(50)51)30(3)24-18-10-8-7-9-11-19-25-31(4)38(48)49/h7-12,15-16,18-19,22,24-25,27-30,33-37,40,45-47H,13-14,17,20-21,23,26H2,1-6H3,(H3,42,43)(H,48,49)(H,50,51).